The molecule has 0 bridgehead atoms. The van der Waals surface area contributed by atoms with Crippen LogP contribution >= 0.6 is 0 Å². The number of nitrogens with one attached hydrogen (secondary N) is 1. The van der Waals surface area contributed by atoms with E-state index in [2.05, 4.69) is 9.93 Å². The van der Waals surface area contributed by atoms with E-state index in [0.717, 1.165) is 11.1 Å². The number of nitrogens with zero attached hydrogens (tertiary/aromatic N) is 1. The average molecular weight is 318 g/mol. The summed E-state index contributed by atoms with van der Waals surface area (Å²) in [6.07, 6.45) is 1.44. The van der Waals surface area contributed by atoms with Crippen molar-refractivity contribution in [2.75, 3.05) is 7.11 Å². The number of hydrogen-bond donors (Lipinski definition) is 1. The van der Waals surface area contributed by atoms with E-state index in [9.17, 15) is 8.42 Å². The number of methoxy groups -OCH3 is 1. The molecule has 0 unspecified atom stereocenters. The highest BCUT2D eigenvalue weighted by Crippen LogP contribution is 2.16. The zero-order valence-electron chi connectivity index (χ0n) is 12.7. The van der Waals surface area contributed by atoms with Gasteiger partial charge in [0, 0.05) is 0 Å². The van der Waals surface area contributed by atoms with E-state index >= 15 is 0 Å². The van der Waals surface area contributed by atoms with Gasteiger partial charge in [0.25, 0.3) is 10.0 Å². The summed E-state index contributed by atoms with van der Waals surface area (Å²) in [5.41, 5.74) is 2.29. The predicted octanol–water partition coefficient (Wildman–Crippen LogP) is 2.62. The number of aryl methyl sites for hydroxylation is 2. The maximum Gasteiger partial charge on any atom is 0.276 e. The molecular formula is C16H18N2O3S. The lowest BCUT2D eigenvalue weighted by atomic mass is 10.2. The van der Waals surface area contributed by atoms with E-state index in [4.69, 9.17) is 4.74 Å². The first-order valence-electron chi connectivity index (χ1n) is 6.68. The van der Waals surface area contributed by atoms with E-state index in [1.165, 1.54) is 6.21 Å². The Morgan fingerprint density at radius 1 is 1.14 bits per heavy atom. The molecule has 5 nitrogen and oxygen atoms in total. The molecule has 116 valence electrons. The Balaban J connectivity index is 2.18. The molecule has 0 saturated heterocycles. The van der Waals surface area contributed by atoms with Crippen LogP contribution in [0.15, 0.2) is 52.5 Å². The van der Waals surface area contributed by atoms with Crippen molar-refractivity contribution in [1.29, 1.82) is 0 Å². The second-order valence-corrected chi connectivity index (χ2v) is 6.53. The highest BCUT2D eigenvalue weighted by atomic mass is 32.2. The van der Waals surface area contributed by atoms with Gasteiger partial charge in [-0.25, -0.2) is 4.83 Å². The van der Waals surface area contributed by atoms with Gasteiger partial charge in [0.05, 0.1) is 18.2 Å². The van der Waals surface area contributed by atoms with Crippen LogP contribution in [0.4, 0.5) is 0 Å². The molecule has 0 aliphatic carbocycles. The zero-order valence-corrected chi connectivity index (χ0v) is 13.5. The molecule has 22 heavy (non-hydrogen) atoms. The van der Waals surface area contributed by atoms with E-state index in [0.29, 0.717) is 11.3 Å². The Hall–Kier alpha value is -2.34. The van der Waals surface area contributed by atoms with Crippen LogP contribution in [0.25, 0.3) is 0 Å². The van der Waals surface area contributed by atoms with Gasteiger partial charge < -0.3 is 4.74 Å². The monoisotopic (exact) mass is 318 g/mol. The van der Waals surface area contributed by atoms with Crippen LogP contribution in [0.2, 0.25) is 0 Å². The molecule has 0 atom stereocenters. The SMILES string of the molecule is COc1cccc(C=NNS(=O)(=O)c2cc(C)ccc2C)c1. The molecule has 0 fully saturated rings. The van der Waals surface area contributed by atoms with Gasteiger partial charge in [-0.05, 0) is 48.7 Å². The summed E-state index contributed by atoms with van der Waals surface area (Å²) in [7, 11) is -2.11. The van der Waals surface area contributed by atoms with E-state index in [-0.39, 0.29) is 4.90 Å². The molecule has 0 spiro atoms. The van der Waals surface area contributed by atoms with E-state index < -0.39 is 10.0 Å². The Bertz CT molecular complexity index is 799. The second kappa shape index (κ2) is 6.62. The first kappa shape index (κ1) is 16.0. The van der Waals surface area contributed by atoms with Crippen LogP contribution in [0.5, 0.6) is 5.75 Å². The van der Waals surface area contributed by atoms with Crippen LogP contribution in [0, 0.1) is 13.8 Å². The molecule has 0 aromatic heterocycles. The van der Waals surface area contributed by atoms with E-state index in [1.54, 1.807) is 50.4 Å². The van der Waals surface area contributed by atoms with Crippen molar-refractivity contribution in [3.8, 4) is 5.75 Å². The number of ether oxygens (including phenoxy) is 1. The van der Waals surface area contributed by atoms with Gasteiger partial charge in [-0.3, -0.25) is 0 Å². The number of benzene rings is 2. The summed E-state index contributed by atoms with van der Waals surface area (Å²) < 4.78 is 29.6. The average Bonchev–Trinajstić information content (AvgIpc) is 2.49. The topological polar surface area (TPSA) is 67.8 Å². The van der Waals surface area contributed by atoms with Crippen LogP contribution in [0.1, 0.15) is 16.7 Å². The predicted molar refractivity (Wildman–Crippen MR) is 86.8 cm³/mol. The molecule has 0 saturated carbocycles. The lowest BCUT2D eigenvalue weighted by Crippen LogP contribution is -2.19. The number of hydrazone groups is 1. The summed E-state index contributed by atoms with van der Waals surface area (Å²) in [5, 5.41) is 3.82. The zero-order chi connectivity index (χ0) is 16.2. The molecule has 2 rings (SSSR count). The van der Waals surface area contributed by atoms with Crippen molar-refractivity contribution < 1.29 is 13.2 Å². The third kappa shape index (κ3) is 3.85. The van der Waals surface area contributed by atoms with Crippen LogP contribution in [-0.2, 0) is 10.0 Å². The smallest absolute Gasteiger partial charge is 0.276 e. The fourth-order valence-electron chi connectivity index (χ4n) is 1.94. The lowest BCUT2D eigenvalue weighted by Gasteiger charge is -2.07. The molecule has 2 aromatic rings. The van der Waals surface area contributed by atoms with Gasteiger partial charge in [-0.1, -0.05) is 24.3 Å². The van der Waals surface area contributed by atoms with Crippen molar-refractivity contribution in [2.45, 2.75) is 18.7 Å². The Labute approximate surface area is 130 Å². The molecule has 0 amide bonds. The van der Waals surface area contributed by atoms with Gasteiger partial charge in [-0.15, -0.1) is 0 Å². The summed E-state index contributed by atoms with van der Waals surface area (Å²) in [4.78, 5) is 2.46. The highest BCUT2D eigenvalue weighted by molar-refractivity contribution is 7.89. The molecule has 0 aliphatic rings. The van der Waals surface area contributed by atoms with Gasteiger partial charge >= 0.3 is 0 Å². The highest BCUT2D eigenvalue weighted by Gasteiger charge is 2.15. The fraction of sp³-hybridized carbons (Fsp3) is 0.188. The van der Waals surface area contributed by atoms with E-state index in [1.807, 2.05) is 13.0 Å². The van der Waals surface area contributed by atoms with Crippen molar-refractivity contribution in [1.82, 2.24) is 4.83 Å². The largest absolute Gasteiger partial charge is 0.497 e. The molecule has 0 aliphatic heterocycles. The van der Waals surface area contributed by atoms with Gasteiger partial charge in [-0.2, -0.15) is 13.5 Å². The number of sulfonamides is 1. The van der Waals surface area contributed by atoms with Crippen molar-refractivity contribution in [2.24, 2.45) is 5.10 Å². The van der Waals surface area contributed by atoms with Crippen molar-refractivity contribution in [3.63, 3.8) is 0 Å². The van der Waals surface area contributed by atoms with Crippen LogP contribution in [-0.4, -0.2) is 21.7 Å². The first-order chi connectivity index (χ1) is 10.4. The third-order valence-corrected chi connectivity index (χ3v) is 4.48. The maximum atomic E-state index is 12.3. The van der Waals surface area contributed by atoms with Crippen LogP contribution in [0.3, 0.4) is 0 Å². The molecular weight excluding hydrogens is 300 g/mol. The minimum Gasteiger partial charge on any atom is -0.497 e. The van der Waals surface area contributed by atoms with Gasteiger partial charge in [0.1, 0.15) is 5.75 Å². The lowest BCUT2D eigenvalue weighted by molar-refractivity contribution is 0.415. The molecule has 6 heteroatoms. The quantitative estimate of drug-likeness (QED) is 0.680. The van der Waals surface area contributed by atoms with Crippen LogP contribution < -0.4 is 9.57 Å². The second-order valence-electron chi connectivity index (χ2n) is 4.90. The minimum absolute atomic E-state index is 0.232. The molecule has 1 N–H and O–H groups in total. The van der Waals surface area contributed by atoms with Crippen molar-refractivity contribution in [3.05, 3.63) is 59.2 Å². The summed E-state index contributed by atoms with van der Waals surface area (Å²) >= 11 is 0. The van der Waals surface area contributed by atoms with Gasteiger partial charge in [0.15, 0.2) is 0 Å². The standard InChI is InChI=1S/C16H18N2O3S/c1-12-7-8-13(2)16(9-12)22(19,20)18-17-11-14-5-4-6-15(10-14)21-3/h4-11,18H,1-3H3. The van der Waals surface area contributed by atoms with Gasteiger partial charge in [0.2, 0.25) is 0 Å². The Morgan fingerprint density at radius 2 is 1.91 bits per heavy atom. The summed E-state index contributed by atoms with van der Waals surface area (Å²) in [6.45, 7) is 3.59. The first-order valence-corrected chi connectivity index (χ1v) is 8.17. The Kier molecular flexibility index (Phi) is 4.82. The molecule has 0 heterocycles. The summed E-state index contributed by atoms with van der Waals surface area (Å²) in [5.74, 6) is 0.682. The normalized spacial score (nSPS) is 11.6. The Morgan fingerprint density at radius 3 is 2.64 bits per heavy atom. The minimum atomic E-state index is -3.68. The fourth-order valence-corrected chi connectivity index (χ4v) is 3.06. The maximum absolute atomic E-state index is 12.3. The molecule has 0 radical (unpaired) electrons. The third-order valence-electron chi connectivity index (χ3n) is 3.11. The number of rotatable bonds is 5. The number of hydrogen-bond acceptors (Lipinski definition) is 4. The molecule has 2 aromatic carbocycles. The van der Waals surface area contributed by atoms with Crippen molar-refractivity contribution >= 4 is 16.2 Å². The summed E-state index contributed by atoms with van der Waals surface area (Å²) in [6, 6.07) is 12.4.